The highest BCUT2D eigenvalue weighted by atomic mass is 32.2. The Balaban J connectivity index is 1.93. The summed E-state index contributed by atoms with van der Waals surface area (Å²) in [6.07, 6.45) is 1.45. The number of carbonyl (C=O) groups is 1. The van der Waals surface area contributed by atoms with Gasteiger partial charge in [-0.05, 0) is 62.6 Å². The van der Waals surface area contributed by atoms with Gasteiger partial charge < -0.3 is 15.7 Å². The highest BCUT2D eigenvalue weighted by molar-refractivity contribution is 7.99. The zero-order valence-electron chi connectivity index (χ0n) is 14.1. The number of anilines is 1. The van der Waals surface area contributed by atoms with Gasteiger partial charge >= 0.3 is 6.03 Å². The molecule has 24 heavy (non-hydrogen) atoms. The SMILES string of the molecule is Cc1cc(Sc2ccccc2)ccc1NC(=O)NC(C)CCCO. The van der Waals surface area contributed by atoms with Crippen LogP contribution in [-0.2, 0) is 0 Å². The van der Waals surface area contributed by atoms with Gasteiger partial charge in [0.1, 0.15) is 0 Å². The predicted octanol–water partition coefficient (Wildman–Crippen LogP) is 4.43. The number of aryl methyl sites for hydroxylation is 1. The maximum absolute atomic E-state index is 12.0. The van der Waals surface area contributed by atoms with Gasteiger partial charge in [0.15, 0.2) is 0 Å². The number of carbonyl (C=O) groups excluding carboxylic acids is 1. The molecule has 0 aromatic heterocycles. The van der Waals surface area contributed by atoms with E-state index < -0.39 is 0 Å². The Kier molecular flexibility index (Phi) is 7.15. The monoisotopic (exact) mass is 344 g/mol. The van der Waals surface area contributed by atoms with Crippen molar-refractivity contribution in [2.45, 2.75) is 42.5 Å². The van der Waals surface area contributed by atoms with Crippen molar-refractivity contribution in [1.82, 2.24) is 5.32 Å². The van der Waals surface area contributed by atoms with E-state index in [0.29, 0.717) is 6.42 Å². The fourth-order valence-corrected chi connectivity index (χ4v) is 3.25. The molecule has 0 aliphatic heterocycles. The highest BCUT2D eigenvalue weighted by Gasteiger charge is 2.09. The lowest BCUT2D eigenvalue weighted by molar-refractivity contribution is 0.245. The smallest absolute Gasteiger partial charge is 0.319 e. The van der Waals surface area contributed by atoms with E-state index in [-0.39, 0.29) is 18.7 Å². The third-order valence-electron chi connectivity index (χ3n) is 3.60. The van der Waals surface area contributed by atoms with Gasteiger partial charge in [0, 0.05) is 28.1 Å². The molecule has 5 heteroatoms. The number of aliphatic hydroxyl groups is 1. The van der Waals surface area contributed by atoms with E-state index in [4.69, 9.17) is 5.11 Å². The van der Waals surface area contributed by atoms with Gasteiger partial charge in [0.2, 0.25) is 0 Å². The summed E-state index contributed by atoms with van der Waals surface area (Å²) >= 11 is 1.70. The summed E-state index contributed by atoms with van der Waals surface area (Å²) in [6, 6.07) is 16.0. The second kappa shape index (κ2) is 9.35. The van der Waals surface area contributed by atoms with Gasteiger partial charge in [0.05, 0.1) is 0 Å². The first-order valence-electron chi connectivity index (χ1n) is 8.10. The van der Waals surface area contributed by atoms with Crippen molar-refractivity contribution in [3.05, 3.63) is 54.1 Å². The van der Waals surface area contributed by atoms with Crippen LogP contribution < -0.4 is 10.6 Å². The van der Waals surface area contributed by atoms with E-state index in [1.54, 1.807) is 11.8 Å². The Morgan fingerprint density at radius 3 is 2.58 bits per heavy atom. The van der Waals surface area contributed by atoms with Crippen LogP contribution in [0.3, 0.4) is 0 Å². The van der Waals surface area contributed by atoms with Crippen molar-refractivity contribution in [3.63, 3.8) is 0 Å². The quantitative estimate of drug-likeness (QED) is 0.696. The van der Waals surface area contributed by atoms with E-state index in [1.807, 2.05) is 44.2 Å². The molecular formula is C19H24N2O2S. The van der Waals surface area contributed by atoms with Crippen LogP contribution in [0.15, 0.2) is 58.3 Å². The molecule has 1 unspecified atom stereocenters. The maximum atomic E-state index is 12.0. The van der Waals surface area contributed by atoms with Crippen LogP contribution in [0.4, 0.5) is 10.5 Å². The molecule has 0 radical (unpaired) electrons. The van der Waals surface area contributed by atoms with Crippen LogP contribution in [0.25, 0.3) is 0 Å². The zero-order valence-corrected chi connectivity index (χ0v) is 14.9. The lowest BCUT2D eigenvalue weighted by atomic mass is 10.2. The van der Waals surface area contributed by atoms with Crippen LogP contribution in [0.5, 0.6) is 0 Å². The second-order valence-corrected chi connectivity index (χ2v) is 6.90. The minimum atomic E-state index is -0.216. The van der Waals surface area contributed by atoms with Gasteiger partial charge in [-0.2, -0.15) is 0 Å². The van der Waals surface area contributed by atoms with Crippen molar-refractivity contribution < 1.29 is 9.90 Å². The molecule has 0 bridgehead atoms. The molecule has 0 fully saturated rings. The minimum Gasteiger partial charge on any atom is -0.396 e. The van der Waals surface area contributed by atoms with Crippen LogP contribution in [-0.4, -0.2) is 23.8 Å². The first-order valence-corrected chi connectivity index (χ1v) is 8.92. The highest BCUT2D eigenvalue weighted by Crippen LogP contribution is 2.30. The molecule has 4 nitrogen and oxygen atoms in total. The first kappa shape index (κ1) is 18.4. The van der Waals surface area contributed by atoms with Crippen LogP contribution in [0.1, 0.15) is 25.3 Å². The Bertz CT molecular complexity index is 662. The summed E-state index contributed by atoms with van der Waals surface area (Å²) in [4.78, 5) is 14.4. The predicted molar refractivity (Wildman–Crippen MR) is 99.7 cm³/mol. The zero-order chi connectivity index (χ0) is 17.4. The molecule has 0 spiro atoms. The lowest BCUT2D eigenvalue weighted by Crippen LogP contribution is -2.36. The molecule has 2 aromatic carbocycles. The average Bonchev–Trinajstić information content (AvgIpc) is 2.56. The molecule has 0 aliphatic rings. The third-order valence-corrected chi connectivity index (χ3v) is 4.60. The van der Waals surface area contributed by atoms with Gasteiger partial charge in [-0.15, -0.1) is 0 Å². The first-order chi connectivity index (χ1) is 11.6. The summed E-state index contributed by atoms with van der Waals surface area (Å²) in [5.74, 6) is 0. The summed E-state index contributed by atoms with van der Waals surface area (Å²) in [7, 11) is 0. The van der Waals surface area contributed by atoms with Crippen molar-refractivity contribution in [2.75, 3.05) is 11.9 Å². The van der Waals surface area contributed by atoms with Crippen LogP contribution >= 0.6 is 11.8 Å². The Morgan fingerprint density at radius 2 is 1.92 bits per heavy atom. The van der Waals surface area contributed by atoms with E-state index >= 15 is 0 Å². The molecule has 0 saturated carbocycles. The number of benzene rings is 2. The molecule has 0 saturated heterocycles. The summed E-state index contributed by atoms with van der Waals surface area (Å²) < 4.78 is 0. The maximum Gasteiger partial charge on any atom is 0.319 e. The largest absolute Gasteiger partial charge is 0.396 e. The Morgan fingerprint density at radius 1 is 1.17 bits per heavy atom. The third kappa shape index (κ3) is 5.91. The van der Waals surface area contributed by atoms with E-state index in [0.717, 1.165) is 22.6 Å². The fourth-order valence-electron chi connectivity index (χ4n) is 2.32. The molecule has 128 valence electrons. The molecule has 2 rings (SSSR count). The number of urea groups is 1. The van der Waals surface area contributed by atoms with Crippen molar-refractivity contribution in [2.24, 2.45) is 0 Å². The van der Waals surface area contributed by atoms with Crippen molar-refractivity contribution >= 4 is 23.5 Å². The lowest BCUT2D eigenvalue weighted by Gasteiger charge is -2.15. The summed E-state index contributed by atoms with van der Waals surface area (Å²) in [5.41, 5.74) is 1.83. The topological polar surface area (TPSA) is 61.4 Å². The van der Waals surface area contributed by atoms with Gasteiger partial charge in [-0.25, -0.2) is 4.79 Å². The Labute approximate surface area is 147 Å². The summed E-state index contributed by atoms with van der Waals surface area (Å²) in [6.45, 7) is 4.06. The normalized spacial score (nSPS) is 11.8. The molecule has 3 N–H and O–H groups in total. The van der Waals surface area contributed by atoms with E-state index in [2.05, 4.69) is 28.8 Å². The minimum absolute atomic E-state index is 0.0327. The van der Waals surface area contributed by atoms with Crippen LogP contribution in [0, 0.1) is 6.92 Å². The molecule has 0 heterocycles. The van der Waals surface area contributed by atoms with Gasteiger partial charge in [-0.3, -0.25) is 0 Å². The summed E-state index contributed by atoms with van der Waals surface area (Å²) in [5, 5.41) is 14.6. The number of nitrogens with one attached hydrogen (secondary N) is 2. The Hall–Kier alpha value is -1.98. The van der Waals surface area contributed by atoms with E-state index in [9.17, 15) is 4.79 Å². The number of hydrogen-bond acceptors (Lipinski definition) is 3. The fraction of sp³-hybridized carbons (Fsp3) is 0.316. The molecular weight excluding hydrogens is 320 g/mol. The van der Waals surface area contributed by atoms with E-state index in [1.165, 1.54) is 4.90 Å². The standard InChI is InChI=1S/C19H24N2O2S/c1-14-13-17(24-16-8-4-3-5-9-16)10-11-18(14)21-19(23)20-15(2)7-6-12-22/h3-5,8-11,13,15,22H,6-7,12H2,1-2H3,(H2,20,21,23). The second-order valence-electron chi connectivity index (χ2n) is 5.76. The number of rotatable bonds is 7. The molecule has 2 aromatic rings. The molecule has 0 aliphatic carbocycles. The van der Waals surface area contributed by atoms with Gasteiger partial charge in [-0.1, -0.05) is 30.0 Å². The average molecular weight is 344 g/mol. The number of hydrogen-bond donors (Lipinski definition) is 3. The van der Waals surface area contributed by atoms with Crippen molar-refractivity contribution in [3.8, 4) is 0 Å². The number of amides is 2. The number of aliphatic hydroxyl groups excluding tert-OH is 1. The molecule has 1 atom stereocenters. The van der Waals surface area contributed by atoms with Crippen LogP contribution in [0.2, 0.25) is 0 Å². The van der Waals surface area contributed by atoms with Gasteiger partial charge in [0.25, 0.3) is 0 Å². The van der Waals surface area contributed by atoms with Crippen molar-refractivity contribution in [1.29, 1.82) is 0 Å². The molecule has 2 amide bonds.